The van der Waals surface area contributed by atoms with E-state index in [0.717, 1.165) is 6.42 Å². The van der Waals surface area contributed by atoms with Crippen LogP contribution in [-0.2, 0) is 12.8 Å². The van der Waals surface area contributed by atoms with Crippen molar-refractivity contribution in [2.75, 3.05) is 0 Å². The van der Waals surface area contributed by atoms with Gasteiger partial charge < -0.3 is 0 Å². The summed E-state index contributed by atoms with van der Waals surface area (Å²) < 4.78 is 0. The third kappa shape index (κ3) is 2.20. The number of aryl methyl sites for hydroxylation is 2. The lowest BCUT2D eigenvalue weighted by molar-refractivity contribution is 0.542. The largest absolute Gasteiger partial charge is 0.118 e. The number of benzene rings is 1. The van der Waals surface area contributed by atoms with Crippen molar-refractivity contribution in [3.8, 4) is 0 Å². The third-order valence-electron chi connectivity index (χ3n) is 3.58. The summed E-state index contributed by atoms with van der Waals surface area (Å²) in [6, 6.07) is 6.82. The molecule has 0 amide bonds. The van der Waals surface area contributed by atoms with Crippen LogP contribution >= 0.6 is 11.6 Å². The summed E-state index contributed by atoms with van der Waals surface area (Å²) in [5.74, 6) is 0.561. The average Bonchev–Trinajstić information content (AvgIpc) is 2.73. The normalized spacial score (nSPS) is 18.6. The molecule has 0 N–H and O–H groups in total. The van der Waals surface area contributed by atoms with Crippen LogP contribution in [0.15, 0.2) is 18.2 Å². The van der Waals surface area contributed by atoms with Crippen LogP contribution in [0.4, 0.5) is 0 Å². The van der Waals surface area contributed by atoms with Crippen molar-refractivity contribution >= 4 is 11.6 Å². The first-order valence-electron chi connectivity index (χ1n) is 5.98. The number of hydrogen-bond acceptors (Lipinski definition) is 0. The Morgan fingerprint density at radius 3 is 2.73 bits per heavy atom. The van der Waals surface area contributed by atoms with Crippen molar-refractivity contribution in [3.63, 3.8) is 0 Å². The van der Waals surface area contributed by atoms with Gasteiger partial charge in [0.25, 0.3) is 0 Å². The van der Waals surface area contributed by atoms with E-state index in [2.05, 4.69) is 32.0 Å². The van der Waals surface area contributed by atoms with Gasteiger partial charge in [0.1, 0.15) is 0 Å². The third-order valence-corrected chi connectivity index (χ3v) is 4.27. The van der Waals surface area contributed by atoms with Crippen LogP contribution < -0.4 is 0 Å². The van der Waals surface area contributed by atoms with Crippen molar-refractivity contribution in [1.29, 1.82) is 0 Å². The van der Waals surface area contributed by atoms with Crippen molar-refractivity contribution < 1.29 is 0 Å². The highest BCUT2D eigenvalue weighted by Gasteiger charge is 2.17. The Balaban J connectivity index is 2.22. The Hall–Kier alpha value is -0.490. The highest BCUT2D eigenvalue weighted by Crippen LogP contribution is 2.33. The molecule has 0 aliphatic heterocycles. The minimum absolute atomic E-state index is 0.181. The molecule has 1 aromatic rings. The zero-order valence-corrected chi connectivity index (χ0v) is 10.3. The SMILES string of the molecule is CCC(C)C(Cl)c1ccc2c(c1)CCC2. The maximum absolute atomic E-state index is 6.46. The number of rotatable bonds is 3. The molecule has 0 fully saturated rings. The van der Waals surface area contributed by atoms with Gasteiger partial charge in [-0.3, -0.25) is 0 Å². The number of alkyl halides is 1. The van der Waals surface area contributed by atoms with E-state index in [4.69, 9.17) is 11.6 Å². The Kier molecular flexibility index (Phi) is 3.35. The van der Waals surface area contributed by atoms with Gasteiger partial charge in [-0.1, -0.05) is 38.5 Å². The van der Waals surface area contributed by atoms with Gasteiger partial charge in [0.05, 0.1) is 5.38 Å². The molecule has 0 heterocycles. The summed E-state index contributed by atoms with van der Waals surface area (Å²) in [7, 11) is 0. The van der Waals surface area contributed by atoms with E-state index in [1.165, 1.54) is 36.0 Å². The minimum Gasteiger partial charge on any atom is -0.118 e. The molecular weight excluding hydrogens is 204 g/mol. The van der Waals surface area contributed by atoms with E-state index in [1.807, 2.05) is 0 Å². The lowest BCUT2D eigenvalue weighted by Crippen LogP contribution is -2.03. The molecule has 0 spiro atoms. The Morgan fingerprint density at radius 1 is 1.27 bits per heavy atom. The summed E-state index contributed by atoms with van der Waals surface area (Å²) in [6.45, 7) is 4.43. The molecule has 82 valence electrons. The summed E-state index contributed by atoms with van der Waals surface area (Å²) in [5, 5.41) is 0.181. The Morgan fingerprint density at radius 2 is 2.00 bits per heavy atom. The topological polar surface area (TPSA) is 0 Å². The Labute approximate surface area is 97.6 Å². The fraction of sp³-hybridized carbons (Fsp3) is 0.571. The maximum atomic E-state index is 6.46. The van der Waals surface area contributed by atoms with Crippen LogP contribution in [0.25, 0.3) is 0 Å². The highest BCUT2D eigenvalue weighted by atomic mass is 35.5. The number of halogens is 1. The molecule has 0 saturated carbocycles. The van der Waals surface area contributed by atoms with Gasteiger partial charge in [-0.15, -0.1) is 11.6 Å². The van der Waals surface area contributed by atoms with Gasteiger partial charge in [0, 0.05) is 0 Å². The smallest absolute Gasteiger partial charge is 0.0610 e. The summed E-state index contributed by atoms with van der Waals surface area (Å²) >= 11 is 6.46. The molecular formula is C14H19Cl. The average molecular weight is 223 g/mol. The zero-order chi connectivity index (χ0) is 10.8. The van der Waals surface area contributed by atoms with Gasteiger partial charge in [-0.25, -0.2) is 0 Å². The molecule has 1 aromatic carbocycles. The van der Waals surface area contributed by atoms with E-state index < -0.39 is 0 Å². The van der Waals surface area contributed by atoms with Gasteiger partial charge >= 0.3 is 0 Å². The van der Waals surface area contributed by atoms with E-state index >= 15 is 0 Å². The summed E-state index contributed by atoms with van der Waals surface area (Å²) in [4.78, 5) is 0. The van der Waals surface area contributed by atoms with Gasteiger partial charge in [-0.05, 0) is 41.9 Å². The minimum atomic E-state index is 0.181. The second kappa shape index (κ2) is 4.57. The number of fused-ring (bicyclic) bond motifs is 1. The lowest BCUT2D eigenvalue weighted by atomic mass is 9.96. The van der Waals surface area contributed by atoms with Gasteiger partial charge in [0.2, 0.25) is 0 Å². The second-order valence-electron chi connectivity index (χ2n) is 4.67. The van der Waals surface area contributed by atoms with E-state index in [1.54, 1.807) is 0 Å². The van der Waals surface area contributed by atoms with Gasteiger partial charge in [0.15, 0.2) is 0 Å². The quantitative estimate of drug-likeness (QED) is 0.661. The van der Waals surface area contributed by atoms with Crippen LogP contribution in [0, 0.1) is 5.92 Å². The molecule has 0 radical (unpaired) electrons. The van der Waals surface area contributed by atoms with E-state index in [9.17, 15) is 0 Å². The first kappa shape index (κ1) is 11.0. The molecule has 1 heteroatoms. The predicted molar refractivity (Wildman–Crippen MR) is 66.5 cm³/mol. The molecule has 15 heavy (non-hydrogen) atoms. The molecule has 0 aromatic heterocycles. The Bertz CT molecular complexity index is 343. The second-order valence-corrected chi connectivity index (χ2v) is 5.14. The van der Waals surface area contributed by atoms with Crippen LogP contribution in [0.3, 0.4) is 0 Å². The molecule has 0 bridgehead atoms. The van der Waals surface area contributed by atoms with Crippen molar-refractivity contribution in [1.82, 2.24) is 0 Å². The van der Waals surface area contributed by atoms with Crippen molar-refractivity contribution in [2.24, 2.45) is 5.92 Å². The molecule has 2 rings (SSSR count). The predicted octanol–water partition coefficient (Wildman–Crippen LogP) is 4.50. The van der Waals surface area contributed by atoms with Crippen LogP contribution in [0.1, 0.15) is 48.8 Å². The first-order chi connectivity index (χ1) is 7.22. The summed E-state index contributed by atoms with van der Waals surface area (Å²) in [6.07, 6.45) is 4.96. The van der Waals surface area contributed by atoms with Crippen LogP contribution in [-0.4, -0.2) is 0 Å². The van der Waals surface area contributed by atoms with E-state index in [-0.39, 0.29) is 5.38 Å². The van der Waals surface area contributed by atoms with E-state index in [0.29, 0.717) is 5.92 Å². The fourth-order valence-electron chi connectivity index (χ4n) is 2.30. The molecule has 1 aliphatic rings. The maximum Gasteiger partial charge on any atom is 0.0610 e. The fourth-order valence-corrected chi connectivity index (χ4v) is 2.61. The molecule has 2 atom stereocenters. The monoisotopic (exact) mass is 222 g/mol. The highest BCUT2D eigenvalue weighted by molar-refractivity contribution is 6.21. The molecule has 0 nitrogen and oxygen atoms in total. The van der Waals surface area contributed by atoms with Gasteiger partial charge in [-0.2, -0.15) is 0 Å². The molecule has 2 unspecified atom stereocenters. The zero-order valence-electron chi connectivity index (χ0n) is 9.59. The molecule has 0 saturated heterocycles. The van der Waals surface area contributed by atoms with Crippen molar-refractivity contribution in [3.05, 3.63) is 34.9 Å². The summed E-state index contributed by atoms with van der Waals surface area (Å²) in [5.41, 5.74) is 4.37. The van der Waals surface area contributed by atoms with Crippen LogP contribution in [0.5, 0.6) is 0 Å². The molecule has 1 aliphatic carbocycles. The van der Waals surface area contributed by atoms with Crippen molar-refractivity contribution in [2.45, 2.75) is 44.9 Å². The first-order valence-corrected chi connectivity index (χ1v) is 6.41. The standard InChI is InChI=1S/C14H19Cl/c1-3-10(2)14(15)13-8-7-11-5-4-6-12(11)9-13/h7-10,14H,3-6H2,1-2H3. The van der Waals surface area contributed by atoms with Crippen LogP contribution in [0.2, 0.25) is 0 Å². The lowest BCUT2D eigenvalue weighted by Gasteiger charge is -2.17. The number of hydrogen-bond donors (Lipinski definition) is 0.